The van der Waals surface area contributed by atoms with Gasteiger partial charge in [0.15, 0.2) is 0 Å². The predicted octanol–water partition coefficient (Wildman–Crippen LogP) is 3.03. The SMILES string of the molecule is O=c1[nH]c(CSc2ccccc2Cl)nc(O)c1I. The summed E-state index contributed by atoms with van der Waals surface area (Å²) < 4.78 is 0.194. The summed E-state index contributed by atoms with van der Waals surface area (Å²) in [5.74, 6) is 0.612. The maximum absolute atomic E-state index is 11.4. The molecule has 7 heteroatoms. The van der Waals surface area contributed by atoms with Crippen molar-refractivity contribution in [3.63, 3.8) is 0 Å². The highest BCUT2D eigenvalue weighted by molar-refractivity contribution is 14.1. The van der Waals surface area contributed by atoms with Crippen LogP contribution in [0.2, 0.25) is 5.02 Å². The maximum Gasteiger partial charge on any atom is 0.268 e. The topological polar surface area (TPSA) is 66.0 Å². The molecule has 4 nitrogen and oxygen atoms in total. The van der Waals surface area contributed by atoms with Crippen molar-refractivity contribution in [3.8, 4) is 5.88 Å². The van der Waals surface area contributed by atoms with E-state index in [2.05, 4.69) is 9.97 Å². The highest BCUT2D eigenvalue weighted by Crippen LogP contribution is 2.28. The summed E-state index contributed by atoms with van der Waals surface area (Å²) in [6, 6.07) is 7.42. The number of H-pyrrole nitrogens is 1. The van der Waals surface area contributed by atoms with Crippen molar-refractivity contribution in [2.75, 3.05) is 0 Å². The lowest BCUT2D eigenvalue weighted by atomic mass is 10.4. The smallest absolute Gasteiger partial charge is 0.268 e. The predicted molar refractivity (Wildman–Crippen MR) is 80.3 cm³/mol. The molecule has 0 amide bonds. The van der Waals surface area contributed by atoms with Crippen molar-refractivity contribution in [1.29, 1.82) is 0 Å². The van der Waals surface area contributed by atoms with Gasteiger partial charge in [0.05, 0.1) is 10.8 Å². The van der Waals surface area contributed by atoms with E-state index in [0.717, 1.165) is 4.90 Å². The fourth-order valence-corrected chi connectivity index (χ4v) is 2.63. The van der Waals surface area contributed by atoms with Gasteiger partial charge in [-0.05, 0) is 34.7 Å². The summed E-state index contributed by atoms with van der Waals surface area (Å²) in [7, 11) is 0. The lowest BCUT2D eigenvalue weighted by Gasteiger charge is -2.04. The van der Waals surface area contributed by atoms with Gasteiger partial charge in [-0.25, -0.2) is 0 Å². The van der Waals surface area contributed by atoms with Crippen LogP contribution in [0.5, 0.6) is 5.88 Å². The van der Waals surface area contributed by atoms with Crippen LogP contribution in [-0.4, -0.2) is 15.1 Å². The summed E-state index contributed by atoms with van der Waals surface area (Å²) >= 11 is 9.21. The molecule has 0 aliphatic rings. The number of thioether (sulfide) groups is 1. The standard InChI is InChI=1S/C11H8ClIN2O2S/c12-6-3-1-2-4-7(6)18-5-8-14-10(16)9(13)11(17)15-8/h1-4H,5H2,(H2,14,15,16,17). The highest BCUT2D eigenvalue weighted by atomic mass is 127. The Bertz CT molecular complexity index is 633. The number of hydrogen-bond donors (Lipinski definition) is 2. The van der Waals surface area contributed by atoms with E-state index in [9.17, 15) is 9.90 Å². The molecule has 0 aliphatic carbocycles. The molecule has 0 bridgehead atoms. The summed E-state index contributed by atoms with van der Waals surface area (Å²) in [6.07, 6.45) is 0. The number of benzene rings is 1. The molecule has 0 saturated heterocycles. The van der Waals surface area contributed by atoms with E-state index in [0.29, 0.717) is 16.6 Å². The van der Waals surface area contributed by atoms with Crippen molar-refractivity contribution >= 4 is 46.0 Å². The molecule has 0 fully saturated rings. The number of nitrogens with zero attached hydrogens (tertiary/aromatic N) is 1. The highest BCUT2D eigenvalue weighted by Gasteiger charge is 2.08. The first-order valence-corrected chi connectivity index (χ1v) is 7.37. The van der Waals surface area contributed by atoms with Gasteiger partial charge in [-0.1, -0.05) is 23.7 Å². The van der Waals surface area contributed by atoms with Crippen LogP contribution in [0.1, 0.15) is 5.82 Å². The van der Waals surface area contributed by atoms with Gasteiger partial charge in [0.2, 0.25) is 5.88 Å². The fourth-order valence-electron chi connectivity index (χ4n) is 1.27. The number of aromatic amines is 1. The van der Waals surface area contributed by atoms with E-state index in [1.165, 1.54) is 11.8 Å². The van der Waals surface area contributed by atoms with E-state index < -0.39 is 0 Å². The van der Waals surface area contributed by atoms with Crippen LogP contribution in [0, 0.1) is 3.57 Å². The van der Waals surface area contributed by atoms with E-state index in [1.807, 2.05) is 18.2 Å². The molecular weight excluding hydrogens is 387 g/mol. The van der Waals surface area contributed by atoms with Crippen molar-refractivity contribution in [1.82, 2.24) is 9.97 Å². The zero-order chi connectivity index (χ0) is 13.1. The third kappa shape index (κ3) is 3.18. The quantitative estimate of drug-likeness (QED) is 0.620. The normalized spacial score (nSPS) is 10.6. The summed E-state index contributed by atoms with van der Waals surface area (Å²) in [5.41, 5.74) is -0.335. The van der Waals surface area contributed by atoms with Gasteiger partial charge < -0.3 is 10.1 Å². The van der Waals surface area contributed by atoms with Crippen LogP contribution in [0.15, 0.2) is 34.0 Å². The lowest BCUT2D eigenvalue weighted by Crippen LogP contribution is -2.13. The molecule has 0 atom stereocenters. The van der Waals surface area contributed by atoms with Crippen molar-refractivity contribution in [2.24, 2.45) is 0 Å². The molecule has 1 aromatic heterocycles. The molecule has 1 aromatic carbocycles. The average molecular weight is 395 g/mol. The number of aromatic nitrogens is 2. The minimum atomic E-state index is -0.335. The Labute approximate surface area is 126 Å². The minimum absolute atomic E-state index is 0.194. The van der Waals surface area contributed by atoms with Crippen LogP contribution in [0.3, 0.4) is 0 Å². The van der Waals surface area contributed by atoms with Gasteiger partial charge in [0.25, 0.3) is 5.56 Å². The summed E-state index contributed by atoms with van der Waals surface area (Å²) in [5, 5.41) is 10.1. The monoisotopic (exact) mass is 394 g/mol. The summed E-state index contributed by atoms with van der Waals surface area (Å²) in [4.78, 5) is 18.9. The second kappa shape index (κ2) is 5.94. The Morgan fingerprint density at radius 1 is 1.44 bits per heavy atom. The van der Waals surface area contributed by atoms with Gasteiger partial charge in [0.1, 0.15) is 9.39 Å². The van der Waals surface area contributed by atoms with Gasteiger partial charge in [-0.2, -0.15) is 4.98 Å². The molecule has 1 heterocycles. The van der Waals surface area contributed by atoms with Crippen LogP contribution < -0.4 is 5.56 Å². The molecule has 2 rings (SSSR count). The summed E-state index contributed by atoms with van der Waals surface area (Å²) in [6.45, 7) is 0. The largest absolute Gasteiger partial charge is 0.492 e. The van der Waals surface area contributed by atoms with Crippen LogP contribution in [0.4, 0.5) is 0 Å². The Balaban J connectivity index is 2.17. The first kappa shape index (κ1) is 13.7. The van der Waals surface area contributed by atoms with Crippen molar-refractivity contribution < 1.29 is 5.11 Å². The number of rotatable bonds is 3. The fraction of sp³-hybridized carbons (Fsp3) is 0.0909. The Kier molecular flexibility index (Phi) is 4.52. The molecule has 18 heavy (non-hydrogen) atoms. The van der Waals surface area contributed by atoms with Crippen molar-refractivity contribution in [3.05, 3.63) is 49.0 Å². The first-order chi connectivity index (χ1) is 8.58. The number of nitrogens with one attached hydrogen (secondary N) is 1. The average Bonchev–Trinajstić information content (AvgIpc) is 2.35. The molecule has 0 saturated carbocycles. The molecule has 94 valence electrons. The van der Waals surface area contributed by atoms with Crippen LogP contribution in [0.25, 0.3) is 0 Å². The van der Waals surface area contributed by atoms with Gasteiger partial charge in [-0.3, -0.25) is 4.79 Å². The second-order valence-electron chi connectivity index (χ2n) is 3.37. The number of aromatic hydroxyl groups is 1. The molecule has 2 N–H and O–H groups in total. The molecule has 0 aliphatic heterocycles. The lowest BCUT2D eigenvalue weighted by molar-refractivity contribution is 0.444. The zero-order valence-corrected chi connectivity index (χ0v) is 12.7. The van der Waals surface area contributed by atoms with Crippen LogP contribution in [-0.2, 0) is 5.75 Å². The Hall–Kier alpha value is -0.730. The van der Waals surface area contributed by atoms with Gasteiger partial charge in [0, 0.05) is 4.90 Å². The number of halogens is 2. The molecular formula is C11H8ClIN2O2S. The van der Waals surface area contributed by atoms with Gasteiger partial charge >= 0.3 is 0 Å². The molecule has 0 radical (unpaired) electrons. The van der Waals surface area contributed by atoms with Gasteiger partial charge in [-0.15, -0.1) is 11.8 Å². The Morgan fingerprint density at radius 2 is 2.17 bits per heavy atom. The second-order valence-corrected chi connectivity index (χ2v) is 5.87. The third-order valence-electron chi connectivity index (χ3n) is 2.10. The van der Waals surface area contributed by atoms with Crippen molar-refractivity contribution in [2.45, 2.75) is 10.6 Å². The first-order valence-electron chi connectivity index (χ1n) is 4.93. The molecule has 0 unspecified atom stereocenters. The third-order valence-corrected chi connectivity index (χ3v) is 4.59. The Morgan fingerprint density at radius 3 is 2.83 bits per heavy atom. The molecule has 0 spiro atoms. The minimum Gasteiger partial charge on any atom is -0.492 e. The van der Waals surface area contributed by atoms with E-state index in [-0.39, 0.29) is 15.0 Å². The number of hydrogen-bond acceptors (Lipinski definition) is 4. The van der Waals surface area contributed by atoms with E-state index in [1.54, 1.807) is 28.7 Å². The van der Waals surface area contributed by atoms with E-state index >= 15 is 0 Å². The maximum atomic E-state index is 11.4. The van der Waals surface area contributed by atoms with Crippen LogP contribution >= 0.6 is 46.0 Å². The molecule has 2 aromatic rings. The zero-order valence-electron chi connectivity index (χ0n) is 8.98. The van der Waals surface area contributed by atoms with E-state index in [4.69, 9.17) is 11.6 Å².